The first-order valence-corrected chi connectivity index (χ1v) is 7.70. The summed E-state index contributed by atoms with van der Waals surface area (Å²) in [5.74, 6) is -0.781. The number of nitrogens with one attached hydrogen (secondary N) is 2. The van der Waals surface area contributed by atoms with Crippen molar-refractivity contribution in [2.45, 2.75) is 58.7 Å². The Kier molecular flexibility index (Phi) is 7.03. The van der Waals surface area contributed by atoms with Gasteiger partial charge in [0.05, 0.1) is 0 Å². The maximum atomic E-state index is 11.7. The molecule has 0 aromatic heterocycles. The number of aliphatic carboxylic acids is 1. The predicted octanol–water partition coefficient (Wildman–Crippen LogP) is 3.38. The zero-order chi connectivity index (χ0) is 17.5. The van der Waals surface area contributed by atoms with E-state index in [-0.39, 0.29) is 12.5 Å². The molecule has 1 atom stereocenters. The number of anilines is 1. The molecule has 0 bridgehead atoms. The molecule has 1 rings (SSSR count). The average Bonchev–Trinajstić information content (AvgIpc) is 2.42. The number of carboxylic acid groups (broad SMARTS) is 1. The Morgan fingerprint density at radius 1 is 1.22 bits per heavy atom. The van der Waals surface area contributed by atoms with Gasteiger partial charge in [0.25, 0.3) is 0 Å². The number of rotatable bonds is 7. The molecule has 3 N–H and O–H groups in total. The largest absolute Gasteiger partial charge is 0.481 e. The number of carbonyl (C=O) groups is 2. The van der Waals surface area contributed by atoms with Crippen LogP contribution in [-0.2, 0) is 16.1 Å². The molecule has 1 amide bonds. The summed E-state index contributed by atoms with van der Waals surface area (Å²) < 4.78 is 5.19. The van der Waals surface area contributed by atoms with Crippen molar-refractivity contribution in [1.82, 2.24) is 5.32 Å². The van der Waals surface area contributed by atoms with E-state index in [1.807, 2.05) is 52.0 Å². The molecule has 1 aromatic carbocycles. The summed E-state index contributed by atoms with van der Waals surface area (Å²) in [5.41, 5.74) is 1.20. The minimum Gasteiger partial charge on any atom is -0.481 e. The maximum absolute atomic E-state index is 11.7. The van der Waals surface area contributed by atoms with E-state index < -0.39 is 17.7 Å². The molecule has 6 heteroatoms. The quantitative estimate of drug-likeness (QED) is 0.716. The summed E-state index contributed by atoms with van der Waals surface area (Å²) in [4.78, 5) is 22.2. The van der Waals surface area contributed by atoms with Crippen LogP contribution >= 0.6 is 0 Å². The van der Waals surface area contributed by atoms with Crippen LogP contribution in [0, 0.1) is 0 Å². The topological polar surface area (TPSA) is 87.7 Å². The summed E-state index contributed by atoms with van der Waals surface area (Å²) in [7, 11) is 0. The first-order valence-electron chi connectivity index (χ1n) is 7.70. The van der Waals surface area contributed by atoms with Crippen molar-refractivity contribution in [1.29, 1.82) is 0 Å². The first-order chi connectivity index (χ1) is 10.7. The van der Waals surface area contributed by atoms with E-state index in [4.69, 9.17) is 9.84 Å². The molecule has 0 fully saturated rings. The molecule has 23 heavy (non-hydrogen) atoms. The molecule has 0 aliphatic carbocycles. The maximum Gasteiger partial charge on any atom is 0.412 e. The van der Waals surface area contributed by atoms with E-state index in [0.29, 0.717) is 18.7 Å². The van der Waals surface area contributed by atoms with Crippen LogP contribution in [0.2, 0.25) is 0 Å². The molecule has 0 spiro atoms. The number of hydrogen-bond donors (Lipinski definition) is 3. The molecule has 0 aliphatic heterocycles. The van der Waals surface area contributed by atoms with E-state index in [9.17, 15) is 9.59 Å². The standard InChI is InChI=1S/C17H26N2O4/c1-12(5-10-15(20)21)18-11-13-6-8-14(9-7-13)19-16(22)23-17(2,3)4/h6-9,12,18H,5,10-11H2,1-4H3,(H,19,22)(H,20,21). The minimum absolute atomic E-state index is 0.130. The van der Waals surface area contributed by atoms with Gasteiger partial charge in [-0.2, -0.15) is 0 Å². The van der Waals surface area contributed by atoms with Crippen molar-refractivity contribution in [3.05, 3.63) is 29.8 Å². The zero-order valence-electron chi connectivity index (χ0n) is 14.2. The Morgan fingerprint density at radius 3 is 2.35 bits per heavy atom. The van der Waals surface area contributed by atoms with Gasteiger partial charge in [-0.3, -0.25) is 10.1 Å². The van der Waals surface area contributed by atoms with E-state index in [1.165, 1.54) is 0 Å². The minimum atomic E-state index is -0.781. The second-order valence-electron chi connectivity index (χ2n) is 6.54. The molecule has 0 aliphatic rings. The van der Waals surface area contributed by atoms with Gasteiger partial charge in [-0.25, -0.2) is 4.79 Å². The average molecular weight is 322 g/mol. The molecule has 128 valence electrons. The first kappa shape index (κ1) is 19.0. The van der Waals surface area contributed by atoms with Crippen LogP contribution < -0.4 is 10.6 Å². The molecule has 0 radical (unpaired) electrons. The Morgan fingerprint density at radius 2 is 1.83 bits per heavy atom. The summed E-state index contributed by atoms with van der Waals surface area (Å²) in [5, 5.41) is 14.6. The number of carboxylic acids is 1. The molecular weight excluding hydrogens is 296 g/mol. The molecule has 0 saturated carbocycles. The molecule has 1 unspecified atom stereocenters. The van der Waals surface area contributed by atoms with Crippen molar-refractivity contribution < 1.29 is 19.4 Å². The third-order valence-electron chi connectivity index (χ3n) is 3.05. The van der Waals surface area contributed by atoms with Crippen molar-refractivity contribution >= 4 is 17.7 Å². The summed E-state index contributed by atoms with van der Waals surface area (Å²) >= 11 is 0. The highest BCUT2D eigenvalue weighted by Gasteiger charge is 2.16. The second kappa shape index (κ2) is 8.53. The fraction of sp³-hybridized carbons (Fsp3) is 0.529. The Labute approximate surface area is 137 Å². The van der Waals surface area contributed by atoms with Crippen LogP contribution in [-0.4, -0.2) is 28.8 Å². The van der Waals surface area contributed by atoms with Gasteiger partial charge < -0.3 is 15.2 Å². The van der Waals surface area contributed by atoms with Gasteiger partial charge in [0.15, 0.2) is 0 Å². The highest BCUT2D eigenvalue weighted by atomic mass is 16.6. The van der Waals surface area contributed by atoms with Gasteiger partial charge in [0.2, 0.25) is 0 Å². The lowest BCUT2D eigenvalue weighted by Crippen LogP contribution is -2.27. The van der Waals surface area contributed by atoms with Crippen LogP contribution in [0.15, 0.2) is 24.3 Å². The van der Waals surface area contributed by atoms with Crippen LogP contribution in [0.3, 0.4) is 0 Å². The number of carbonyl (C=O) groups excluding carboxylic acids is 1. The fourth-order valence-electron chi connectivity index (χ4n) is 1.86. The normalized spacial score (nSPS) is 12.5. The smallest absolute Gasteiger partial charge is 0.412 e. The van der Waals surface area contributed by atoms with Gasteiger partial charge in [0.1, 0.15) is 5.60 Å². The summed E-state index contributed by atoms with van der Waals surface area (Å²) in [6.07, 6.45) is 0.270. The Balaban J connectivity index is 2.41. The monoisotopic (exact) mass is 322 g/mol. The van der Waals surface area contributed by atoms with Crippen molar-refractivity contribution in [3.63, 3.8) is 0 Å². The summed E-state index contributed by atoms with van der Waals surface area (Å²) in [6.45, 7) is 8.04. The fourth-order valence-corrected chi connectivity index (χ4v) is 1.86. The van der Waals surface area contributed by atoms with Gasteiger partial charge in [-0.05, 0) is 51.8 Å². The van der Waals surface area contributed by atoms with Crippen molar-refractivity contribution in [3.8, 4) is 0 Å². The van der Waals surface area contributed by atoms with Crippen LogP contribution in [0.5, 0.6) is 0 Å². The molecule has 0 saturated heterocycles. The lowest BCUT2D eigenvalue weighted by Gasteiger charge is -2.19. The predicted molar refractivity (Wildman–Crippen MR) is 89.5 cm³/mol. The number of benzene rings is 1. The third kappa shape index (κ3) is 8.83. The highest BCUT2D eigenvalue weighted by Crippen LogP contribution is 2.13. The van der Waals surface area contributed by atoms with Crippen molar-refractivity contribution in [2.24, 2.45) is 0 Å². The number of amides is 1. The van der Waals surface area contributed by atoms with E-state index >= 15 is 0 Å². The molecule has 6 nitrogen and oxygen atoms in total. The van der Waals surface area contributed by atoms with Crippen LogP contribution in [0.25, 0.3) is 0 Å². The van der Waals surface area contributed by atoms with E-state index in [0.717, 1.165) is 5.56 Å². The van der Waals surface area contributed by atoms with Crippen LogP contribution in [0.4, 0.5) is 10.5 Å². The van der Waals surface area contributed by atoms with E-state index in [1.54, 1.807) is 0 Å². The highest BCUT2D eigenvalue weighted by molar-refractivity contribution is 5.84. The molecule has 1 aromatic rings. The molecular formula is C17H26N2O4. The number of hydrogen-bond acceptors (Lipinski definition) is 4. The zero-order valence-corrected chi connectivity index (χ0v) is 14.2. The molecule has 0 heterocycles. The Hall–Kier alpha value is -2.08. The van der Waals surface area contributed by atoms with Gasteiger partial charge in [-0.1, -0.05) is 12.1 Å². The number of ether oxygens (including phenoxy) is 1. The van der Waals surface area contributed by atoms with E-state index in [2.05, 4.69) is 10.6 Å². The van der Waals surface area contributed by atoms with Crippen LogP contribution in [0.1, 0.15) is 46.1 Å². The lowest BCUT2D eigenvalue weighted by molar-refractivity contribution is -0.137. The van der Waals surface area contributed by atoms with Crippen molar-refractivity contribution in [2.75, 3.05) is 5.32 Å². The summed E-state index contributed by atoms with van der Waals surface area (Å²) in [6, 6.07) is 7.56. The van der Waals surface area contributed by atoms with Gasteiger partial charge in [-0.15, -0.1) is 0 Å². The third-order valence-corrected chi connectivity index (χ3v) is 3.05. The SMILES string of the molecule is CC(CCC(=O)O)NCc1ccc(NC(=O)OC(C)(C)C)cc1. The van der Waals surface area contributed by atoms with Gasteiger partial charge in [0, 0.05) is 24.7 Å². The lowest BCUT2D eigenvalue weighted by atomic mass is 10.1. The second-order valence-corrected chi connectivity index (χ2v) is 6.54. The Bertz CT molecular complexity index is 520. The van der Waals surface area contributed by atoms with Gasteiger partial charge >= 0.3 is 12.1 Å².